The van der Waals surface area contributed by atoms with Gasteiger partial charge in [-0.05, 0) is 138 Å². The molecule has 5 aliphatic rings. The molecule has 0 unspecified atom stereocenters. The Morgan fingerprint density at radius 1 is 0.373 bits per heavy atom. The van der Waals surface area contributed by atoms with Gasteiger partial charge in [0.2, 0.25) is 0 Å². The maximum atomic E-state index is 2.66. The molecule has 5 aromatic carbocycles. The summed E-state index contributed by atoms with van der Waals surface area (Å²) in [6.45, 7) is 0.193. The Morgan fingerprint density at radius 3 is 1.24 bits per heavy atom. The normalized spacial score (nSPS) is 19.4. The van der Waals surface area contributed by atoms with Gasteiger partial charge in [-0.15, -0.1) is 0 Å². The number of rotatable bonds is 5. The summed E-state index contributed by atoms with van der Waals surface area (Å²) >= 11 is 0. The average Bonchev–Trinajstić information content (AvgIpc) is 3.21. The van der Waals surface area contributed by atoms with Crippen LogP contribution < -0.4 is 26.2 Å². The molecular formula is C48H51BN2. The molecule has 51 heavy (non-hydrogen) atoms. The summed E-state index contributed by atoms with van der Waals surface area (Å²) < 4.78 is 0. The molecule has 0 radical (unpaired) electrons. The minimum absolute atomic E-state index is 0.193. The topological polar surface area (TPSA) is 6.48 Å². The van der Waals surface area contributed by atoms with Crippen molar-refractivity contribution in [3.05, 3.63) is 126 Å². The standard InChI is InChI=1S/C48H51BN2/c1-4-16-34(17-5-1)37-22-14-24-40(30-37)50-44-28-12-10-26-42(44)49-43-27-11-13-29-45(43)51(41-25-15-23-38(31-41)35-18-6-2-7-19-35)47-33-39(32-46(50)48(47)49)36-20-8-3-9-21-36/h10-15,22-36H,1-9,16-21H2. The molecule has 3 aliphatic carbocycles. The third-order valence-corrected chi connectivity index (χ3v) is 13.4. The summed E-state index contributed by atoms with van der Waals surface area (Å²) in [5.74, 6) is 1.96. The Kier molecular flexibility index (Phi) is 8.27. The highest BCUT2D eigenvalue weighted by Crippen LogP contribution is 2.48. The lowest BCUT2D eigenvalue weighted by molar-refractivity contribution is 0.443. The molecule has 2 aliphatic heterocycles. The first-order chi connectivity index (χ1) is 25.3. The first-order valence-electron chi connectivity index (χ1n) is 20.5. The molecule has 3 heteroatoms. The summed E-state index contributed by atoms with van der Waals surface area (Å²) in [5, 5.41) is 0. The molecular weight excluding hydrogens is 615 g/mol. The van der Waals surface area contributed by atoms with Crippen molar-refractivity contribution < 1.29 is 0 Å². The highest BCUT2D eigenvalue weighted by Gasteiger charge is 2.43. The Bertz CT molecular complexity index is 1910. The van der Waals surface area contributed by atoms with Crippen molar-refractivity contribution in [2.75, 3.05) is 9.80 Å². The fraction of sp³-hybridized carbons (Fsp3) is 0.375. The second-order valence-electron chi connectivity index (χ2n) is 16.4. The average molecular weight is 667 g/mol. The molecule has 5 aromatic rings. The molecule has 0 atom stereocenters. The van der Waals surface area contributed by atoms with Crippen LogP contribution in [-0.2, 0) is 0 Å². The van der Waals surface area contributed by atoms with Gasteiger partial charge in [-0.2, -0.15) is 0 Å². The molecule has 0 spiro atoms. The minimum atomic E-state index is 0.193. The molecule has 0 bridgehead atoms. The number of anilines is 6. The highest BCUT2D eigenvalue weighted by molar-refractivity contribution is 7.00. The van der Waals surface area contributed by atoms with Gasteiger partial charge in [-0.3, -0.25) is 0 Å². The van der Waals surface area contributed by atoms with E-state index in [2.05, 4.69) is 119 Å². The fourth-order valence-corrected chi connectivity index (χ4v) is 10.9. The zero-order valence-electron chi connectivity index (χ0n) is 30.2. The van der Waals surface area contributed by atoms with Crippen LogP contribution in [0.3, 0.4) is 0 Å². The monoisotopic (exact) mass is 666 g/mol. The molecule has 3 saturated carbocycles. The van der Waals surface area contributed by atoms with Crippen LogP contribution in [0.1, 0.15) is 131 Å². The summed E-state index contributed by atoms with van der Waals surface area (Å²) in [7, 11) is 0. The van der Waals surface area contributed by atoms with Crippen molar-refractivity contribution >= 4 is 57.2 Å². The van der Waals surface area contributed by atoms with E-state index >= 15 is 0 Å². The van der Waals surface area contributed by atoms with E-state index in [1.54, 1.807) is 0 Å². The lowest BCUT2D eigenvalue weighted by Crippen LogP contribution is -2.61. The Hall–Kier alpha value is -4.24. The number of hydrogen-bond acceptors (Lipinski definition) is 2. The summed E-state index contributed by atoms with van der Waals surface area (Å²) in [6, 6.07) is 43.3. The Labute approximate surface area is 306 Å². The second kappa shape index (κ2) is 13.4. The number of hydrogen-bond donors (Lipinski definition) is 0. The van der Waals surface area contributed by atoms with E-state index in [9.17, 15) is 0 Å². The SMILES string of the molecule is c1cc(C2CCCCC2)cc(N2c3ccccc3B3c4ccccc4N(c4cccc(C5CCCCC5)c4)c4cc(C5CCCCC5)cc2c43)c1. The van der Waals surface area contributed by atoms with Gasteiger partial charge in [0.25, 0.3) is 6.71 Å². The van der Waals surface area contributed by atoms with Crippen molar-refractivity contribution in [2.45, 2.75) is 114 Å². The van der Waals surface area contributed by atoms with Crippen LogP contribution in [0.25, 0.3) is 0 Å². The molecule has 2 heterocycles. The van der Waals surface area contributed by atoms with E-state index in [-0.39, 0.29) is 6.71 Å². The van der Waals surface area contributed by atoms with E-state index in [0.717, 1.165) is 0 Å². The number of benzene rings is 5. The summed E-state index contributed by atoms with van der Waals surface area (Å²) in [4.78, 5) is 5.32. The van der Waals surface area contributed by atoms with Crippen LogP contribution in [-0.4, -0.2) is 6.71 Å². The molecule has 256 valence electrons. The van der Waals surface area contributed by atoms with Gasteiger partial charge in [-0.1, -0.05) is 118 Å². The van der Waals surface area contributed by atoms with Crippen molar-refractivity contribution in [2.24, 2.45) is 0 Å². The Balaban J connectivity index is 1.21. The molecule has 0 N–H and O–H groups in total. The predicted molar refractivity (Wildman–Crippen MR) is 218 cm³/mol. The van der Waals surface area contributed by atoms with Crippen LogP contribution in [0, 0.1) is 0 Å². The maximum absolute atomic E-state index is 2.66. The maximum Gasteiger partial charge on any atom is 0.252 e. The lowest BCUT2D eigenvalue weighted by atomic mass is 9.33. The molecule has 10 rings (SSSR count). The van der Waals surface area contributed by atoms with E-state index in [1.165, 1.54) is 164 Å². The first-order valence-corrected chi connectivity index (χ1v) is 20.5. The van der Waals surface area contributed by atoms with Crippen molar-refractivity contribution in [3.8, 4) is 0 Å². The fourth-order valence-electron chi connectivity index (χ4n) is 10.9. The first kappa shape index (κ1) is 31.5. The second-order valence-corrected chi connectivity index (χ2v) is 16.4. The summed E-state index contributed by atoms with van der Waals surface area (Å²) in [6.07, 6.45) is 20.1. The molecule has 0 saturated heterocycles. The highest BCUT2D eigenvalue weighted by atomic mass is 15.2. The van der Waals surface area contributed by atoms with Crippen molar-refractivity contribution in [1.29, 1.82) is 0 Å². The third-order valence-electron chi connectivity index (χ3n) is 13.4. The van der Waals surface area contributed by atoms with Crippen molar-refractivity contribution in [3.63, 3.8) is 0 Å². The smallest absolute Gasteiger partial charge is 0.252 e. The van der Waals surface area contributed by atoms with E-state index in [1.807, 2.05) is 0 Å². The van der Waals surface area contributed by atoms with Gasteiger partial charge in [-0.25, -0.2) is 0 Å². The van der Waals surface area contributed by atoms with E-state index < -0.39 is 0 Å². The van der Waals surface area contributed by atoms with Crippen LogP contribution in [0.4, 0.5) is 34.1 Å². The number of fused-ring (bicyclic) bond motifs is 4. The molecule has 2 nitrogen and oxygen atoms in total. The van der Waals surface area contributed by atoms with Crippen LogP contribution >= 0.6 is 0 Å². The van der Waals surface area contributed by atoms with Gasteiger partial charge in [0, 0.05) is 34.1 Å². The van der Waals surface area contributed by atoms with Gasteiger partial charge in [0.1, 0.15) is 0 Å². The van der Waals surface area contributed by atoms with E-state index in [4.69, 9.17) is 0 Å². The van der Waals surface area contributed by atoms with Gasteiger partial charge in [0.15, 0.2) is 0 Å². The van der Waals surface area contributed by atoms with Crippen molar-refractivity contribution in [1.82, 2.24) is 0 Å². The minimum Gasteiger partial charge on any atom is -0.311 e. The van der Waals surface area contributed by atoms with Crippen LogP contribution in [0.15, 0.2) is 109 Å². The van der Waals surface area contributed by atoms with Crippen LogP contribution in [0.5, 0.6) is 0 Å². The van der Waals surface area contributed by atoms with Gasteiger partial charge < -0.3 is 9.80 Å². The summed E-state index contributed by atoms with van der Waals surface area (Å²) in [5.41, 5.74) is 17.0. The molecule has 0 aromatic heterocycles. The van der Waals surface area contributed by atoms with Gasteiger partial charge >= 0.3 is 0 Å². The lowest BCUT2D eigenvalue weighted by Gasteiger charge is -2.45. The van der Waals surface area contributed by atoms with Gasteiger partial charge in [0.05, 0.1) is 0 Å². The molecule has 0 amide bonds. The third kappa shape index (κ3) is 5.54. The number of nitrogens with zero attached hydrogens (tertiary/aromatic N) is 2. The zero-order valence-corrected chi connectivity index (χ0v) is 30.2. The molecule has 3 fully saturated rings. The van der Waals surface area contributed by atoms with E-state index in [0.29, 0.717) is 17.8 Å². The Morgan fingerprint density at radius 2 is 0.784 bits per heavy atom. The quantitative estimate of drug-likeness (QED) is 0.169. The van der Waals surface area contributed by atoms with Crippen LogP contribution in [0.2, 0.25) is 0 Å². The zero-order chi connectivity index (χ0) is 33.7. The number of para-hydroxylation sites is 2. The largest absolute Gasteiger partial charge is 0.311 e. The predicted octanol–water partition coefficient (Wildman–Crippen LogP) is 11.9.